The molecule has 2 aromatic rings. The van der Waals surface area contributed by atoms with E-state index >= 15 is 0 Å². The highest BCUT2D eigenvalue weighted by Gasteiger charge is 2.22. The average Bonchev–Trinajstić information content (AvgIpc) is 3.00. The summed E-state index contributed by atoms with van der Waals surface area (Å²) in [5.41, 5.74) is 3.40. The van der Waals surface area contributed by atoms with Gasteiger partial charge >= 0.3 is 5.97 Å². The van der Waals surface area contributed by atoms with E-state index in [0.717, 1.165) is 12.8 Å². The Morgan fingerprint density at radius 3 is 3.00 bits per heavy atom. The van der Waals surface area contributed by atoms with Crippen LogP contribution in [0, 0.1) is 6.92 Å². The average molecular weight is 271 g/mol. The minimum Gasteiger partial charge on any atom is -0.475 e. The van der Waals surface area contributed by atoms with Gasteiger partial charge in [0.15, 0.2) is 0 Å². The number of hydrogen-bond acceptors (Lipinski definition) is 3. The van der Waals surface area contributed by atoms with Crippen LogP contribution >= 0.6 is 0 Å². The van der Waals surface area contributed by atoms with E-state index in [-0.39, 0.29) is 5.76 Å². The van der Waals surface area contributed by atoms with Crippen molar-refractivity contribution >= 4 is 5.97 Å². The van der Waals surface area contributed by atoms with E-state index in [2.05, 4.69) is 29.6 Å². The summed E-state index contributed by atoms with van der Waals surface area (Å²) in [4.78, 5) is 10.9. The molecule has 1 aliphatic carbocycles. The SMILES string of the molecule is Cc1cc(CNC2CCc3ccccc32)oc1C(=O)O. The van der Waals surface area contributed by atoms with Crippen LogP contribution < -0.4 is 5.32 Å². The lowest BCUT2D eigenvalue weighted by Crippen LogP contribution is -2.18. The largest absolute Gasteiger partial charge is 0.475 e. The number of aryl methyl sites for hydroxylation is 2. The Morgan fingerprint density at radius 2 is 2.25 bits per heavy atom. The molecule has 20 heavy (non-hydrogen) atoms. The topological polar surface area (TPSA) is 62.5 Å². The highest BCUT2D eigenvalue weighted by atomic mass is 16.4. The van der Waals surface area contributed by atoms with Crippen LogP contribution in [-0.4, -0.2) is 11.1 Å². The predicted octanol–water partition coefficient (Wildman–Crippen LogP) is 3.06. The molecule has 1 aromatic heterocycles. The van der Waals surface area contributed by atoms with Gasteiger partial charge in [0.1, 0.15) is 5.76 Å². The molecule has 4 heteroatoms. The standard InChI is InChI=1S/C16H17NO3/c1-10-8-12(20-15(10)16(18)19)9-17-14-7-6-11-4-2-3-5-13(11)14/h2-5,8,14,17H,6-7,9H2,1H3,(H,18,19). The molecule has 0 amide bonds. The van der Waals surface area contributed by atoms with Crippen molar-refractivity contribution in [3.8, 4) is 0 Å². The first-order valence-corrected chi connectivity index (χ1v) is 6.79. The fourth-order valence-corrected chi connectivity index (χ4v) is 2.84. The van der Waals surface area contributed by atoms with Crippen molar-refractivity contribution in [2.45, 2.75) is 32.4 Å². The third-order valence-corrected chi connectivity index (χ3v) is 3.82. The predicted molar refractivity (Wildman–Crippen MR) is 74.7 cm³/mol. The van der Waals surface area contributed by atoms with E-state index in [1.165, 1.54) is 11.1 Å². The van der Waals surface area contributed by atoms with Crippen LogP contribution in [0.2, 0.25) is 0 Å². The fourth-order valence-electron chi connectivity index (χ4n) is 2.84. The molecule has 3 rings (SSSR count). The minimum atomic E-state index is -1.01. The molecule has 0 fully saturated rings. The summed E-state index contributed by atoms with van der Waals surface area (Å²) < 4.78 is 5.36. The molecule has 0 aliphatic heterocycles. The molecule has 0 saturated heterocycles. The van der Waals surface area contributed by atoms with Gasteiger partial charge in [0.25, 0.3) is 0 Å². The minimum absolute atomic E-state index is 0.0358. The number of rotatable bonds is 4. The fraction of sp³-hybridized carbons (Fsp3) is 0.312. The van der Waals surface area contributed by atoms with E-state index < -0.39 is 5.97 Å². The van der Waals surface area contributed by atoms with Gasteiger partial charge in [-0.3, -0.25) is 0 Å². The quantitative estimate of drug-likeness (QED) is 0.897. The van der Waals surface area contributed by atoms with Crippen molar-refractivity contribution in [2.75, 3.05) is 0 Å². The second kappa shape index (κ2) is 5.13. The normalized spacial score (nSPS) is 17.1. The van der Waals surface area contributed by atoms with Gasteiger partial charge in [-0.05, 0) is 37.0 Å². The van der Waals surface area contributed by atoms with Crippen LogP contribution in [0.3, 0.4) is 0 Å². The van der Waals surface area contributed by atoms with Gasteiger partial charge in [-0.2, -0.15) is 0 Å². The Labute approximate surface area is 117 Å². The van der Waals surface area contributed by atoms with Gasteiger partial charge in [0, 0.05) is 11.6 Å². The zero-order valence-electron chi connectivity index (χ0n) is 11.3. The summed E-state index contributed by atoms with van der Waals surface area (Å²) in [6.07, 6.45) is 2.16. The number of carbonyl (C=O) groups is 1. The number of carboxylic acids is 1. The second-order valence-corrected chi connectivity index (χ2v) is 5.20. The van der Waals surface area contributed by atoms with Crippen molar-refractivity contribution in [1.82, 2.24) is 5.32 Å². The van der Waals surface area contributed by atoms with E-state index in [9.17, 15) is 4.79 Å². The van der Waals surface area contributed by atoms with Crippen molar-refractivity contribution in [3.05, 3.63) is 58.5 Å². The van der Waals surface area contributed by atoms with Crippen molar-refractivity contribution in [3.63, 3.8) is 0 Å². The highest BCUT2D eigenvalue weighted by Crippen LogP contribution is 2.31. The molecular formula is C16H17NO3. The van der Waals surface area contributed by atoms with Crippen molar-refractivity contribution in [2.24, 2.45) is 0 Å². The Bertz CT molecular complexity index is 645. The van der Waals surface area contributed by atoms with Gasteiger partial charge in [0.2, 0.25) is 5.76 Å². The number of furan rings is 1. The monoisotopic (exact) mass is 271 g/mol. The number of carboxylic acid groups (broad SMARTS) is 1. The Balaban J connectivity index is 1.69. The van der Waals surface area contributed by atoms with Gasteiger partial charge < -0.3 is 14.8 Å². The molecule has 1 heterocycles. The summed E-state index contributed by atoms with van der Waals surface area (Å²) >= 11 is 0. The van der Waals surface area contributed by atoms with Gasteiger partial charge in [-0.1, -0.05) is 24.3 Å². The first kappa shape index (κ1) is 12.9. The molecule has 0 radical (unpaired) electrons. The molecule has 1 unspecified atom stereocenters. The molecule has 4 nitrogen and oxygen atoms in total. The lowest BCUT2D eigenvalue weighted by molar-refractivity contribution is 0.0659. The summed E-state index contributed by atoms with van der Waals surface area (Å²) in [6, 6.07) is 10.5. The molecule has 0 bridgehead atoms. The second-order valence-electron chi connectivity index (χ2n) is 5.20. The summed E-state index contributed by atoms with van der Waals surface area (Å²) in [6.45, 7) is 2.30. The van der Waals surface area contributed by atoms with Crippen LogP contribution in [0.25, 0.3) is 0 Å². The lowest BCUT2D eigenvalue weighted by Gasteiger charge is -2.12. The van der Waals surface area contributed by atoms with Gasteiger partial charge in [-0.15, -0.1) is 0 Å². The summed E-state index contributed by atoms with van der Waals surface area (Å²) in [5.74, 6) is -0.308. The third kappa shape index (κ3) is 2.34. The van der Waals surface area contributed by atoms with E-state index in [4.69, 9.17) is 9.52 Å². The zero-order valence-corrected chi connectivity index (χ0v) is 11.3. The first-order chi connectivity index (χ1) is 9.65. The van der Waals surface area contributed by atoms with Crippen molar-refractivity contribution in [1.29, 1.82) is 0 Å². The maximum Gasteiger partial charge on any atom is 0.372 e. The number of benzene rings is 1. The van der Waals surface area contributed by atoms with Crippen LogP contribution in [0.5, 0.6) is 0 Å². The van der Waals surface area contributed by atoms with Gasteiger partial charge in [0.05, 0.1) is 6.54 Å². The molecule has 0 saturated carbocycles. The smallest absolute Gasteiger partial charge is 0.372 e. The number of fused-ring (bicyclic) bond motifs is 1. The Morgan fingerprint density at radius 1 is 1.45 bits per heavy atom. The van der Waals surface area contributed by atoms with Crippen LogP contribution in [0.15, 0.2) is 34.7 Å². The molecular weight excluding hydrogens is 254 g/mol. The molecule has 1 atom stereocenters. The highest BCUT2D eigenvalue weighted by molar-refractivity contribution is 5.86. The molecule has 1 aliphatic rings. The van der Waals surface area contributed by atoms with Gasteiger partial charge in [-0.25, -0.2) is 4.79 Å². The third-order valence-electron chi connectivity index (χ3n) is 3.82. The molecule has 1 aromatic carbocycles. The van der Waals surface area contributed by atoms with E-state index in [0.29, 0.717) is 23.9 Å². The van der Waals surface area contributed by atoms with E-state index in [1.54, 1.807) is 13.0 Å². The Kier molecular flexibility index (Phi) is 3.32. The summed E-state index contributed by atoms with van der Waals surface area (Å²) in [7, 11) is 0. The molecule has 104 valence electrons. The lowest BCUT2D eigenvalue weighted by atomic mass is 10.1. The first-order valence-electron chi connectivity index (χ1n) is 6.79. The maximum absolute atomic E-state index is 10.9. The number of hydrogen-bond donors (Lipinski definition) is 2. The van der Waals surface area contributed by atoms with Crippen LogP contribution in [-0.2, 0) is 13.0 Å². The van der Waals surface area contributed by atoms with Crippen LogP contribution in [0.4, 0.5) is 0 Å². The number of nitrogens with one attached hydrogen (secondary N) is 1. The summed E-state index contributed by atoms with van der Waals surface area (Å²) in [5, 5.41) is 12.4. The molecule has 0 spiro atoms. The number of aromatic carboxylic acids is 1. The van der Waals surface area contributed by atoms with E-state index in [1.807, 2.05) is 0 Å². The molecule has 2 N–H and O–H groups in total. The Hall–Kier alpha value is -2.07. The zero-order chi connectivity index (χ0) is 14.1. The van der Waals surface area contributed by atoms with Crippen LogP contribution in [0.1, 0.15) is 45.5 Å². The maximum atomic E-state index is 10.9. The van der Waals surface area contributed by atoms with Crippen molar-refractivity contribution < 1.29 is 14.3 Å².